The van der Waals surface area contributed by atoms with Gasteiger partial charge in [0.2, 0.25) is 10.0 Å². The van der Waals surface area contributed by atoms with Crippen LogP contribution in [0.3, 0.4) is 0 Å². The third kappa shape index (κ3) is 6.39. The fraction of sp³-hybridized carbons (Fsp3) is 0.667. The molecule has 40 heavy (non-hydrogen) atoms. The number of aliphatic imine (C=N–C) groups is 1. The third-order valence-corrected chi connectivity index (χ3v) is 9.99. The van der Waals surface area contributed by atoms with Crippen molar-refractivity contribution in [1.82, 2.24) is 9.62 Å². The molecule has 1 aromatic carbocycles. The Labute approximate surface area is 240 Å². The molecule has 1 amide bonds. The molecule has 1 saturated heterocycles. The summed E-state index contributed by atoms with van der Waals surface area (Å²) in [4.78, 5) is 23.9. The molecule has 0 atom stereocenters. The number of hydrogen-bond donors (Lipinski definition) is 1. The summed E-state index contributed by atoms with van der Waals surface area (Å²) < 4.78 is 33.8. The molecule has 222 valence electrons. The zero-order valence-electron chi connectivity index (χ0n) is 25.3. The van der Waals surface area contributed by atoms with Crippen molar-refractivity contribution in [2.24, 2.45) is 16.8 Å². The number of methoxy groups -OCH3 is 1. The van der Waals surface area contributed by atoms with Crippen molar-refractivity contribution in [1.29, 1.82) is 0 Å². The van der Waals surface area contributed by atoms with Gasteiger partial charge in [-0.2, -0.15) is 4.31 Å². The van der Waals surface area contributed by atoms with Crippen molar-refractivity contribution in [3.05, 3.63) is 28.2 Å². The highest BCUT2D eigenvalue weighted by molar-refractivity contribution is 7.92. The Bertz CT molecular complexity index is 1280. The maximum atomic E-state index is 13.3. The minimum absolute atomic E-state index is 0.0763. The van der Waals surface area contributed by atoms with Gasteiger partial charge in [-0.25, -0.2) is 8.42 Å². The van der Waals surface area contributed by atoms with Gasteiger partial charge in [0.1, 0.15) is 22.8 Å². The Kier molecular flexibility index (Phi) is 8.74. The second kappa shape index (κ2) is 11.4. The number of piperidine rings is 1. The smallest absolute Gasteiger partial charge is 0.253 e. The monoisotopic (exact) mass is 574 g/mol. The maximum absolute atomic E-state index is 13.3. The first kappa shape index (κ1) is 30.5. The van der Waals surface area contributed by atoms with E-state index in [1.165, 1.54) is 9.71 Å². The molecule has 0 aromatic heterocycles. The highest BCUT2D eigenvalue weighted by Gasteiger charge is 2.48. The molecule has 1 saturated carbocycles. The summed E-state index contributed by atoms with van der Waals surface area (Å²) in [5, 5.41) is 6.01. The van der Waals surface area contributed by atoms with E-state index in [2.05, 4.69) is 12.2 Å². The van der Waals surface area contributed by atoms with Gasteiger partial charge in [-0.15, -0.1) is 0 Å². The van der Waals surface area contributed by atoms with Crippen LogP contribution in [-0.4, -0.2) is 62.9 Å². The maximum Gasteiger partial charge on any atom is 0.253 e. The average Bonchev–Trinajstić information content (AvgIpc) is 3.18. The predicted octanol–water partition coefficient (Wildman–Crippen LogP) is 4.97. The van der Waals surface area contributed by atoms with E-state index in [0.29, 0.717) is 24.5 Å². The van der Waals surface area contributed by atoms with E-state index in [4.69, 9.17) is 14.6 Å². The summed E-state index contributed by atoms with van der Waals surface area (Å²) in [6.45, 7) is 12.6. The molecular weight excluding hydrogens is 528 g/mol. The Morgan fingerprint density at radius 1 is 1.15 bits per heavy atom. The Hall–Kier alpha value is -2.43. The molecule has 1 spiro atoms. The largest absolute Gasteiger partial charge is 0.494 e. The van der Waals surface area contributed by atoms with Crippen LogP contribution >= 0.6 is 0 Å². The number of aryl methyl sites for hydroxylation is 1. The van der Waals surface area contributed by atoms with Crippen LogP contribution < -0.4 is 15.1 Å². The summed E-state index contributed by atoms with van der Waals surface area (Å²) in [5.41, 5.74) is 2.06. The number of amides is 1. The minimum Gasteiger partial charge on any atom is -0.494 e. The number of carbonyl (C=O) groups is 1. The first-order chi connectivity index (χ1) is 18.7. The lowest BCUT2D eigenvalue weighted by Crippen LogP contribution is -2.50. The van der Waals surface area contributed by atoms with Crippen LogP contribution in [0.5, 0.6) is 5.75 Å². The number of hydroxylamine groups is 1. The van der Waals surface area contributed by atoms with Crippen LogP contribution in [0.25, 0.3) is 6.08 Å². The van der Waals surface area contributed by atoms with Crippen molar-refractivity contribution in [3.8, 4) is 5.75 Å². The van der Waals surface area contributed by atoms with Gasteiger partial charge in [-0.1, -0.05) is 19.8 Å². The molecular formula is C30H46N4O5S. The van der Waals surface area contributed by atoms with Crippen LogP contribution in [0.1, 0.15) is 82.9 Å². The number of anilines is 1. The highest BCUT2D eigenvalue weighted by atomic mass is 32.2. The van der Waals surface area contributed by atoms with E-state index in [-0.39, 0.29) is 24.6 Å². The molecule has 1 N–H and O–H groups in total. The van der Waals surface area contributed by atoms with Gasteiger partial charge in [-0.05, 0) is 89.5 Å². The molecule has 4 rings (SSSR count). The average molecular weight is 575 g/mol. The van der Waals surface area contributed by atoms with Crippen LogP contribution in [0.15, 0.2) is 16.5 Å². The van der Waals surface area contributed by atoms with Crippen LogP contribution in [0, 0.1) is 25.7 Å². The lowest BCUT2D eigenvalue weighted by atomic mass is 9.82. The first-order valence-corrected chi connectivity index (χ1v) is 15.9. The third-order valence-electron chi connectivity index (χ3n) is 8.43. The molecule has 2 heterocycles. The Morgan fingerprint density at radius 2 is 1.77 bits per heavy atom. The molecule has 3 aliphatic rings. The van der Waals surface area contributed by atoms with Crippen LogP contribution in [0.4, 0.5) is 5.69 Å². The van der Waals surface area contributed by atoms with E-state index in [1.54, 1.807) is 18.2 Å². The number of carbonyl (C=O) groups excluding carboxylic acids is 1. The number of sulfonamides is 1. The van der Waals surface area contributed by atoms with Gasteiger partial charge < -0.3 is 10.1 Å². The lowest BCUT2D eigenvalue weighted by molar-refractivity contribution is -0.125. The quantitative estimate of drug-likeness (QED) is 0.462. The second-order valence-corrected chi connectivity index (χ2v) is 14.5. The number of nitrogens with zero attached hydrogens (tertiary/aromatic N) is 3. The molecule has 1 aromatic rings. The van der Waals surface area contributed by atoms with E-state index >= 15 is 0 Å². The summed E-state index contributed by atoms with van der Waals surface area (Å²) in [6.07, 6.45) is 6.82. The fourth-order valence-corrected chi connectivity index (χ4v) is 7.30. The molecule has 0 radical (unpaired) electrons. The van der Waals surface area contributed by atoms with Gasteiger partial charge in [0.25, 0.3) is 5.91 Å². The van der Waals surface area contributed by atoms with Gasteiger partial charge in [0.05, 0.1) is 12.7 Å². The molecule has 2 aliphatic heterocycles. The summed E-state index contributed by atoms with van der Waals surface area (Å²) in [7, 11) is -0.262. The van der Waals surface area contributed by atoms with Gasteiger partial charge in [-0.3, -0.25) is 19.7 Å². The predicted molar refractivity (Wildman–Crippen MR) is 160 cm³/mol. The van der Waals surface area contributed by atoms with Crippen molar-refractivity contribution in [2.45, 2.75) is 91.2 Å². The Balaban J connectivity index is 1.48. The number of rotatable bonds is 7. The van der Waals surface area contributed by atoms with Gasteiger partial charge in [0, 0.05) is 37.0 Å². The lowest BCUT2D eigenvalue weighted by Gasteiger charge is -2.34. The van der Waals surface area contributed by atoms with Crippen molar-refractivity contribution >= 4 is 33.5 Å². The molecule has 2 fully saturated rings. The molecule has 9 nitrogen and oxygen atoms in total. The number of hydrogen-bond acceptors (Lipinski definition) is 7. The minimum atomic E-state index is -3.69. The summed E-state index contributed by atoms with van der Waals surface area (Å²) >= 11 is 0. The number of amidine groups is 1. The van der Waals surface area contributed by atoms with Crippen LogP contribution in [0.2, 0.25) is 0 Å². The van der Waals surface area contributed by atoms with E-state index in [1.807, 2.05) is 47.7 Å². The van der Waals surface area contributed by atoms with Gasteiger partial charge in [0.15, 0.2) is 0 Å². The van der Waals surface area contributed by atoms with E-state index < -0.39 is 15.6 Å². The molecule has 1 aliphatic carbocycles. The fourth-order valence-electron chi connectivity index (χ4n) is 6.12. The van der Waals surface area contributed by atoms with Crippen molar-refractivity contribution in [3.63, 3.8) is 0 Å². The number of ether oxygens (including phenoxy) is 1. The highest BCUT2D eigenvalue weighted by Crippen LogP contribution is 2.38. The van der Waals surface area contributed by atoms with E-state index in [0.717, 1.165) is 59.8 Å². The molecule has 10 heteroatoms. The number of nitrogens with one attached hydrogen (secondary N) is 1. The normalized spacial score (nSPS) is 23.9. The summed E-state index contributed by atoms with van der Waals surface area (Å²) in [6, 6.07) is 1.94. The standard InChI is InChI=1S/C30H46N4O5S/c1-20-9-11-23(12-10-20)27-31-28(35)30(32-27)14-16-34(17-15-30)40(36,37)18-13-24-21(2)19-25(26(38-8)22(24)3)33(7)39-29(4,5)6/h13,18-20,23H,9-12,14-17H2,1-8H3,(H,31,32,35)/b18-13+/t20-,23-. The summed E-state index contributed by atoms with van der Waals surface area (Å²) in [5.74, 6) is 2.39. The van der Waals surface area contributed by atoms with Crippen LogP contribution in [-0.2, 0) is 19.7 Å². The number of benzene rings is 1. The van der Waals surface area contributed by atoms with Gasteiger partial charge >= 0.3 is 0 Å². The Morgan fingerprint density at radius 3 is 2.35 bits per heavy atom. The topological polar surface area (TPSA) is 101 Å². The zero-order chi connectivity index (χ0) is 29.5. The first-order valence-electron chi connectivity index (χ1n) is 14.4. The van der Waals surface area contributed by atoms with Crippen molar-refractivity contribution < 1.29 is 22.8 Å². The molecule has 0 bridgehead atoms. The van der Waals surface area contributed by atoms with Crippen molar-refractivity contribution in [2.75, 3.05) is 32.3 Å². The SMILES string of the molecule is COc1c(N(C)OC(C)(C)C)cc(C)c(/C=C/S(=O)(=O)N2CCC3(CC2)N=C([C@H]2CC[C@H](C)CC2)NC3=O)c1C. The second-order valence-electron chi connectivity index (χ2n) is 12.7. The molecule has 0 unspecified atom stereocenters. The zero-order valence-corrected chi connectivity index (χ0v) is 26.2. The van der Waals surface area contributed by atoms with E-state index in [9.17, 15) is 13.2 Å².